The molecule has 2 rings (SSSR count). The van der Waals surface area contributed by atoms with Crippen LogP contribution in [0.4, 0.5) is 5.69 Å². The van der Waals surface area contributed by atoms with Crippen LogP contribution in [-0.2, 0) is 9.59 Å². The number of carbonyl (C=O) groups is 2. The number of halogens is 1. The number of carboxylic acids is 1. The molecule has 1 aromatic carbocycles. The van der Waals surface area contributed by atoms with Crippen LogP contribution in [0.1, 0.15) is 19.3 Å². The van der Waals surface area contributed by atoms with Crippen molar-refractivity contribution in [2.24, 2.45) is 0 Å². The number of hydrogen-bond acceptors (Lipinski definition) is 4. The van der Waals surface area contributed by atoms with Gasteiger partial charge in [-0.05, 0) is 57.2 Å². The summed E-state index contributed by atoms with van der Waals surface area (Å²) in [6.07, 6.45) is 2.31. The topological polar surface area (TPSA) is 72.9 Å². The van der Waals surface area contributed by atoms with Gasteiger partial charge < -0.3 is 15.3 Å². The minimum atomic E-state index is -0.793. The normalized spacial score (nSPS) is 16.3. The number of nitrogens with one attached hydrogen (secondary N) is 1. The SMILES string of the molecule is CN(CC(=O)O)C1CCN(CCC(=O)Nc2ccc(Cl)cc2)CC1. The Kier molecular flexibility index (Phi) is 7.02. The van der Waals surface area contributed by atoms with Crippen molar-refractivity contribution < 1.29 is 14.7 Å². The lowest BCUT2D eigenvalue weighted by Gasteiger charge is -2.36. The van der Waals surface area contributed by atoms with E-state index >= 15 is 0 Å². The number of aliphatic carboxylic acids is 1. The quantitative estimate of drug-likeness (QED) is 0.785. The first-order chi connectivity index (χ1) is 11.4. The van der Waals surface area contributed by atoms with Gasteiger partial charge >= 0.3 is 5.97 Å². The van der Waals surface area contributed by atoms with Gasteiger partial charge in [-0.25, -0.2) is 0 Å². The van der Waals surface area contributed by atoms with Crippen molar-refractivity contribution in [3.8, 4) is 0 Å². The molecule has 1 heterocycles. The van der Waals surface area contributed by atoms with Crippen LogP contribution in [0.25, 0.3) is 0 Å². The summed E-state index contributed by atoms with van der Waals surface area (Å²) in [5.41, 5.74) is 0.749. The van der Waals surface area contributed by atoms with Gasteiger partial charge in [0.25, 0.3) is 0 Å². The van der Waals surface area contributed by atoms with E-state index in [2.05, 4.69) is 10.2 Å². The van der Waals surface area contributed by atoms with Crippen LogP contribution in [0.5, 0.6) is 0 Å². The Morgan fingerprint density at radius 2 is 1.92 bits per heavy atom. The summed E-state index contributed by atoms with van der Waals surface area (Å²) >= 11 is 5.82. The molecule has 0 spiro atoms. The monoisotopic (exact) mass is 353 g/mol. The van der Waals surface area contributed by atoms with Crippen molar-refractivity contribution in [1.29, 1.82) is 0 Å². The highest BCUT2D eigenvalue weighted by Crippen LogP contribution is 2.16. The lowest BCUT2D eigenvalue weighted by molar-refractivity contribution is -0.138. The average molecular weight is 354 g/mol. The third kappa shape index (κ3) is 6.11. The van der Waals surface area contributed by atoms with Gasteiger partial charge in [0.2, 0.25) is 5.91 Å². The molecule has 7 heteroatoms. The molecule has 6 nitrogen and oxygen atoms in total. The molecule has 1 aromatic rings. The molecular weight excluding hydrogens is 330 g/mol. The second-order valence-corrected chi connectivity index (χ2v) is 6.62. The number of piperidine rings is 1. The maximum atomic E-state index is 12.0. The summed E-state index contributed by atoms with van der Waals surface area (Å²) in [6, 6.07) is 7.36. The zero-order chi connectivity index (χ0) is 17.5. The van der Waals surface area contributed by atoms with E-state index in [0.717, 1.165) is 38.2 Å². The van der Waals surface area contributed by atoms with E-state index in [-0.39, 0.29) is 12.5 Å². The number of likely N-dealkylation sites (tertiary alicyclic amines) is 1. The number of rotatable bonds is 7. The molecule has 0 saturated carbocycles. The summed E-state index contributed by atoms with van der Waals surface area (Å²) in [5, 5.41) is 12.3. The molecule has 0 aliphatic carbocycles. The third-order valence-electron chi connectivity index (χ3n) is 4.35. The molecule has 132 valence electrons. The van der Waals surface area contributed by atoms with Crippen LogP contribution >= 0.6 is 11.6 Å². The maximum Gasteiger partial charge on any atom is 0.317 e. The first-order valence-electron chi connectivity index (χ1n) is 8.14. The van der Waals surface area contributed by atoms with E-state index in [1.54, 1.807) is 24.3 Å². The summed E-state index contributed by atoms with van der Waals surface area (Å²) in [7, 11) is 1.86. The van der Waals surface area contributed by atoms with E-state index < -0.39 is 5.97 Å². The van der Waals surface area contributed by atoms with Crippen LogP contribution < -0.4 is 5.32 Å². The lowest BCUT2D eigenvalue weighted by atomic mass is 10.0. The second kappa shape index (κ2) is 9.01. The van der Waals surface area contributed by atoms with Gasteiger partial charge in [0.1, 0.15) is 0 Å². The van der Waals surface area contributed by atoms with Crippen LogP contribution in [0.15, 0.2) is 24.3 Å². The van der Waals surface area contributed by atoms with Crippen molar-refractivity contribution in [3.63, 3.8) is 0 Å². The molecule has 2 N–H and O–H groups in total. The molecule has 0 aromatic heterocycles. The smallest absolute Gasteiger partial charge is 0.317 e. The van der Waals surface area contributed by atoms with Crippen molar-refractivity contribution in [2.75, 3.05) is 38.5 Å². The van der Waals surface area contributed by atoms with Crippen molar-refractivity contribution in [3.05, 3.63) is 29.3 Å². The number of hydrogen-bond donors (Lipinski definition) is 2. The molecular formula is C17H24ClN3O3. The first kappa shape index (κ1) is 18.7. The average Bonchev–Trinajstić information content (AvgIpc) is 2.55. The highest BCUT2D eigenvalue weighted by molar-refractivity contribution is 6.30. The predicted molar refractivity (Wildman–Crippen MR) is 94.4 cm³/mol. The van der Waals surface area contributed by atoms with Crippen LogP contribution in [0, 0.1) is 0 Å². The Hall–Kier alpha value is -1.63. The zero-order valence-electron chi connectivity index (χ0n) is 13.9. The molecule has 0 bridgehead atoms. The summed E-state index contributed by atoms with van der Waals surface area (Å²) in [6.45, 7) is 2.58. The van der Waals surface area contributed by atoms with Gasteiger partial charge in [-0.3, -0.25) is 14.5 Å². The molecule has 1 aliphatic rings. The minimum Gasteiger partial charge on any atom is -0.480 e. The van der Waals surface area contributed by atoms with Gasteiger partial charge in [-0.1, -0.05) is 11.6 Å². The standard InChI is InChI=1S/C17H24ClN3O3/c1-20(12-17(23)24)15-6-9-21(10-7-15)11-8-16(22)19-14-4-2-13(18)3-5-14/h2-5,15H,6-12H2,1H3,(H,19,22)(H,23,24). The zero-order valence-corrected chi connectivity index (χ0v) is 14.6. The Balaban J connectivity index is 1.67. The molecule has 1 fully saturated rings. The largest absolute Gasteiger partial charge is 0.480 e. The highest BCUT2D eigenvalue weighted by Gasteiger charge is 2.23. The highest BCUT2D eigenvalue weighted by atomic mass is 35.5. The van der Waals surface area contributed by atoms with E-state index in [1.807, 2.05) is 11.9 Å². The number of benzene rings is 1. The predicted octanol–water partition coefficient (Wildman–Crippen LogP) is 2.15. The number of carboxylic acid groups (broad SMARTS) is 1. The van der Waals surface area contributed by atoms with Gasteiger partial charge in [-0.2, -0.15) is 0 Å². The Morgan fingerprint density at radius 1 is 1.29 bits per heavy atom. The van der Waals surface area contributed by atoms with Crippen molar-refractivity contribution in [1.82, 2.24) is 9.80 Å². The number of likely N-dealkylation sites (N-methyl/N-ethyl adjacent to an activating group) is 1. The molecule has 1 amide bonds. The van der Waals surface area contributed by atoms with Crippen molar-refractivity contribution >= 4 is 29.2 Å². The third-order valence-corrected chi connectivity index (χ3v) is 4.60. The number of carbonyl (C=O) groups excluding carboxylic acids is 1. The molecule has 24 heavy (non-hydrogen) atoms. The fourth-order valence-electron chi connectivity index (χ4n) is 2.94. The van der Waals surface area contributed by atoms with E-state index in [1.165, 1.54) is 0 Å². The molecule has 1 saturated heterocycles. The Morgan fingerprint density at radius 3 is 2.50 bits per heavy atom. The fraction of sp³-hybridized carbons (Fsp3) is 0.529. The van der Waals surface area contributed by atoms with Gasteiger partial charge in [-0.15, -0.1) is 0 Å². The van der Waals surface area contributed by atoms with Gasteiger partial charge in [0.15, 0.2) is 0 Å². The van der Waals surface area contributed by atoms with E-state index in [9.17, 15) is 9.59 Å². The Bertz CT molecular complexity index is 557. The van der Waals surface area contributed by atoms with E-state index in [4.69, 9.17) is 16.7 Å². The molecule has 0 unspecified atom stereocenters. The Labute approximate surface area is 147 Å². The number of amides is 1. The van der Waals surface area contributed by atoms with Gasteiger partial charge in [0, 0.05) is 29.7 Å². The number of nitrogens with zero attached hydrogens (tertiary/aromatic N) is 2. The number of anilines is 1. The van der Waals surface area contributed by atoms with Crippen LogP contribution in [0.3, 0.4) is 0 Å². The summed E-state index contributed by atoms with van der Waals surface area (Å²) < 4.78 is 0. The maximum absolute atomic E-state index is 12.0. The van der Waals surface area contributed by atoms with E-state index in [0.29, 0.717) is 17.5 Å². The lowest BCUT2D eigenvalue weighted by Crippen LogP contribution is -2.45. The van der Waals surface area contributed by atoms with Crippen LogP contribution in [-0.4, -0.2) is 66.1 Å². The fourth-order valence-corrected chi connectivity index (χ4v) is 3.07. The van der Waals surface area contributed by atoms with Crippen molar-refractivity contribution in [2.45, 2.75) is 25.3 Å². The minimum absolute atomic E-state index is 0.0116. The summed E-state index contributed by atoms with van der Waals surface area (Å²) in [4.78, 5) is 26.9. The van der Waals surface area contributed by atoms with Crippen LogP contribution in [0.2, 0.25) is 5.02 Å². The van der Waals surface area contributed by atoms with Gasteiger partial charge in [0.05, 0.1) is 6.54 Å². The second-order valence-electron chi connectivity index (χ2n) is 6.19. The first-order valence-corrected chi connectivity index (χ1v) is 8.51. The molecule has 0 radical (unpaired) electrons. The summed E-state index contributed by atoms with van der Waals surface area (Å²) in [5.74, 6) is -0.804. The molecule has 1 aliphatic heterocycles. The molecule has 0 atom stereocenters.